The Kier molecular flexibility index (Phi) is 4.41. The number of H-pyrrole nitrogens is 1. The van der Waals surface area contributed by atoms with Gasteiger partial charge >= 0.3 is 0 Å². The van der Waals surface area contributed by atoms with Gasteiger partial charge in [-0.2, -0.15) is 10.2 Å². The fourth-order valence-electron chi connectivity index (χ4n) is 3.61. The van der Waals surface area contributed by atoms with Crippen LogP contribution in [-0.4, -0.2) is 37.1 Å². The number of amides is 1. The summed E-state index contributed by atoms with van der Waals surface area (Å²) in [5, 5.41) is 23.8. The second-order valence-corrected chi connectivity index (χ2v) is 7.01. The van der Waals surface area contributed by atoms with Crippen LogP contribution in [0.4, 0.5) is 5.82 Å². The lowest BCUT2D eigenvalue weighted by molar-refractivity contribution is 0.0234. The van der Waals surface area contributed by atoms with E-state index in [9.17, 15) is 9.90 Å². The molecule has 8 heteroatoms. The van der Waals surface area contributed by atoms with E-state index in [1.54, 1.807) is 10.9 Å². The molecule has 2 aromatic heterocycles. The van der Waals surface area contributed by atoms with E-state index in [1.165, 1.54) is 0 Å². The minimum Gasteiger partial charge on any atom is -0.393 e. The van der Waals surface area contributed by atoms with Gasteiger partial charge in [-0.1, -0.05) is 30.3 Å². The number of aliphatic hydroxyl groups is 1. The molecule has 0 spiro atoms. The summed E-state index contributed by atoms with van der Waals surface area (Å²) in [4.78, 5) is 13.0. The highest BCUT2D eigenvalue weighted by Crippen LogP contribution is 2.38. The zero-order valence-corrected chi connectivity index (χ0v) is 15.0. The first-order valence-electron chi connectivity index (χ1n) is 8.89. The maximum Gasteiger partial charge on any atom is 0.270 e. The van der Waals surface area contributed by atoms with E-state index in [-0.39, 0.29) is 29.8 Å². The molecule has 1 aromatic carbocycles. The summed E-state index contributed by atoms with van der Waals surface area (Å²) in [6, 6.07) is 9.22. The average molecular weight is 366 g/mol. The number of carbonyl (C=O) groups is 1. The first-order valence-corrected chi connectivity index (χ1v) is 8.89. The van der Waals surface area contributed by atoms with Crippen molar-refractivity contribution in [2.45, 2.75) is 25.0 Å². The minimum absolute atomic E-state index is 0.161. The number of nitrogens with one attached hydrogen (secondary N) is 2. The molecule has 1 aliphatic carbocycles. The van der Waals surface area contributed by atoms with Crippen molar-refractivity contribution in [3.63, 3.8) is 0 Å². The summed E-state index contributed by atoms with van der Waals surface area (Å²) >= 11 is 0. The number of aryl methyl sites for hydroxylation is 1. The first kappa shape index (κ1) is 17.3. The molecule has 0 aliphatic heterocycles. The predicted octanol–water partition coefficient (Wildman–Crippen LogP) is 1.63. The van der Waals surface area contributed by atoms with Gasteiger partial charge in [0.25, 0.3) is 5.91 Å². The molecule has 1 amide bonds. The number of aromatic amines is 1. The van der Waals surface area contributed by atoms with E-state index >= 15 is 0 Å². The van der Waals surface area contributed by atoms with Crippen molar-refractivity contribution in [1.82, 2.24) is 25.3 Å². The molecule has 27 heavy (non-hydrogen) atoms. The zero-order valence-electron chi connectivity index (χ0n) is 15.0. The van der Waals surface area contributed by atoms with E-state index in [2.05, 4.69) is 20.6 Å². The number of hydrogen-bond donors (Lipinski definition) is 4. The summed E-state index contributed by atoms with van der Waals surface area (Å²) in [5.74, 6) is 0.158. The Bertz CT molecular complexity index is 942. The zero-order chi connectivity index (χ0) is 19.0. The molecule has 5 N–H and O–H groups in total. The molecule has 140 valence electrons. The molecule has 8 nitrogen and oxygen atoms in total. The van der Waals surface area contributed by atoms with Gasteiger partial charge in [0, 0.05) is 18.8 Å². The molecule has 0 bridgehead atoms. The third kappa shape index (κ3) is 3.31. The van der Waals surface area contributed by atoms with Gasteiger partial charge in [-0.3, -0.25) is 14.6 Å². The molecule has 3 aromatic rings. The van der Waals surface area contributed by atoms with Crippen LogP contribution in [0.5, 0.6) is 0 Å². The molecule has 1 atom stereocenters. The Balaban J connectivity index is 1.62. The van der Waals surface area contributed by atoms with Crippen molar-refractivity contribution in [1.29, 1.82) is 0 Å². The van der Waals surface area contributed by atoms with E-state index < -0.39 is 0 Å². The lowest BCUT2D eigenvalue weighted by Gasteiger charge is -2.37. The predicted molar refractivity (Wildman–Crippen MR) is 101 cm³/mol. The molecule has 1 saturated carbocycles. The van der Waals surface area contributed by atoms with E-state index in [4.69, 9.17) is 5.73 Å². The summed E-state index contributed by atoms with van der Waals surface area (Å²) in [6.07, 6.45) is 4.62. The van der Waals surface area contributed by atoms with Crippen LogP contribution in [0.1, 0.15) is 34.9 Å². The van der Waals surface area contributed by atoms with Crippen molar-refractivity contribution in [3.8, 4) is 11.1 Å². The monoisotopic (exact) mass is 366 g/mol. The molecule has 0 unspecified atom stereocenters. The third-order valence-corrected chi connectivity index (χ3v) is 5.08. The first-order chi connectivity index (χ1) is 13.0. The number of anilines is 1. The summed E-state index contributed by atoms with van der Waals surface area (Å²) in [6.45, 7) is 0. The smallest absolute Gasteiger partial charge is 0.270 e. The number of aromatic nitrogens is 4. The number of nitrogens with zero attached hydrogens (tertiary/aromatic N) is 3. The van der Waals surface area contributed by atoms with Gasteiger partial charge in [0.1, 0.15) is 5.69 Å². The molecule has 4 rings (SSSR count). The van der Waals surface area contributed by atoms with Crippen LogP contribution >= 0.6 is 0 Å². The second kappa shape index (κ2) is 6.88. The van der Waals surface area contributed by atoms with Crippen molar-refractivity contribution in [2.75, 3.05) is 5.73 Å². The van der Waals surface area contributed by atoms with Crippen LogP contribution in [0.25, 0.3) is 11.1 Å². The number of rotatable bonds is 5. The molecule has 0 radical (unpaired) electrons. The number of carbonyl (C=O) groups excluding carboxylic acids is 1. The van der Waals surface area contributed by atoms with Gasteiger partial charge in [-0.15, -0.1) is 0 Å². The fourth-order valence-corrected chi connectivity index (χ4v) is 3.61. The molecule has 2 heterocycles. The Morgan fingerprint density at radius 2 is 2.11 bits per heavy atom. The van der Waals surface area contributed by atoms with Crippen LogP contribution in [0.3, 0.4) is 0 Å². The van der Waals surface area contributed by atoms with Gasteiger partial charge in [0.05, 0.1) is 23.9 Å². The standard InChI is InChI=1S/C19H22N6O2/c1-25-10-13(9-21-25)16(12-7-14(26)8-12)22-19(27)17-15(18(20)24-23-17)11-5-3-2-4-6-11/h2-6,9-10,12,14,16,26H,7-8H2,1H3,(H,22,27)(H3,20,23,24)/t12?,14?,16-/m0/s1. The lowest BCUT2D eigenvalue weighted by Crippen LogP contribution is -2.41. The maximum atomic E-state index is 13.0. The number of nitrogens with two attached hydrogens (primary N) is 1. The third-order valence-electron chi connectivity index (χ3n) is 5.08. The summed E-state index contributed by atoms with van der Waals surface area (Å²) in [5.41, 5.74) is 8.66. The normalized spacial score (nSPS) is 20.1. The lowest BCUT2D eigenvalue weighted by atomic mass is 9.75. The number of benzene rings is 1. The van der Waals surface area contributed by atoms with Crippen molar-refractivity contribution in [2.24, 2.45) is 13.0 Å². The van der Waals surface area contributed by atoms with E-state index in [0.29, 0.717) is 24.1 Å². The van der Waals surface area contributed by atoms with Crippen LogP contribution in [0.2, 0.25) is 0 Å². The average Bonchev–Trinajstić information content (AvgIpc) is 3.23. The minimum atomic E-state index is -0.311. The topological polar surface area (TPSA) is 122 Å². The molecular weight excluding hydrogens is 344 g/mol. The number of aliphatic hydroxyl groups excluding tert-OH is 1. The molecule has 1 fully saturated rings. The summed E-state index contributed by atoms with van der Waals surface area (Å²) in [7, 11) is 1.83. The van der Waals surface area contributed by atoms with Crippen LogP contribution in [-0.2, 0) is 7.05 Å². The highest BCUT2D eigenvalue weighted by molar-refractivity contribution is 6.01. The highest BCUT2D eigenvalue weighted by atomic mass is 16.3. The molecular formula is C19H22N6O2. The van der Waals surface area contributed by atoms with E-state index in [0.717, 1.165) is 11.1 Å². The number of nitrogen functional groups attached to an aromatic ring is 1. The quantitative estimate of drug-likeness (QED) is 0.547. The van der Waals surface area contributed by atoms with Gasteiger partial charge < -0.3 is 16.2 Å². The highest BCUT2D eigenvalue weighted by Gasteiger charge is 2.37. The molecule has 0 saturated heterocycles. The van der Waals surface area contributed by atoms with Crippen molar-refractivity contribution < 1.29 is 9.90 Å². The largest absolute Gasteiger partial charge is 0.393 e. The van der Waals surface area contributed by atoms with E-state index in [1.807, 2.05) is 43.6 Å². The van der Waals surface area contributed by atoms with Crippen LogP contribution < -0.4 is 11.1 Å². The Morgan fingerprint density at radius 1 is 1.37 bits per heavy atom. The Hall–Kier alpha value is -3.13. The Morgan fingerprint density at radius 3 is 2.74 bits per heavy atom. The van der Waals surface area contributed by atoms with Gasteiger partial charge in [-0.05, 0) is 24.3 Å². The number of hydrogen-bond acceptors (Lipinski definition) is 5. The van der Waals surface area contributed by atoms with Gasteiger partial charge in [-0.25, -0.2) is 0 Å². The SMILES string of the molecule is Cn1cc([C@@H](NC(=O)c2[nH]nc(N)c2-c2ccccc2)C2CC(O)C2)cn1. The fraction of sp³-hybridized carbons (Fsp3) is 0.316. The van der Waals surface area contributed by atoms with Crippen LogP contribution in [0.15, 0.2) is 42.7 Å². The molecule has 1 aliphatic rings. The second-order valence-electron chi connectivity index (χ2n) is 7.01. The van der Waals surface area contributed by atoms with Crippen LogP contribution in [0, 0.1) is 5.92 Å². The van der Waals surface area contributed by atoms with Crippen molar-refractivity contribution in [3.05, 3.63) is 54.0 Å². The van der Waals surface area contributed by atoms with Crippen molar-refractivity contribution >= 4 is 11.7 Å². The maximum absolute atomic E-state index is 13.0. The Labute approximate surface area is 156 Å². The van der Waals surface area contributed by atoms with Gasteiger partial charge in [0.15, 0.2) is 5.82 Å². The summed E-state index contributed by atoms with van der Waals surface area (Å²) < 4.78 is 1.70. The van der Waals surface area contributed by atoms with Gasteiger partial charge in [0.2, 0.25) is 0 Å².